The highest BCUT2D eigenvalue weighted by Gasteiger charge is 2.41. The van der Waals surface area contributed by atoms with Crippen LogP contribution < -0.4 is 10.6 Å². The van der Waals surface area contributed by atoms with Crippen molar-refractivity contribution in [2.75, 3.05) is 18.4 Å². The van der Waals surface area contributed by atoms with E-state index in [1.165, 1.54) is 73.4 Å². The molecule has 3 aliphatic rings. The fraction of sp³-hybridized carbons (Fsp3) is 0.632. The molecule has 2 aromatic heterocycles. The average Bonchev–Trinajstić information content (AvgIpc) is 3.56. The fourth-order valence-electron chi connectivity index (χ4n) is 4.09. The smallest absolute Gasteiger partial charge is 0.267 e. The summed E-state index contributed by atoms with van der Waals surface area (Å²) >= 11 is 2.92. The molecule has 1 saturated heterocycles. The third-order valence-electron chi connectivity index (χ3n) is 5.85. The Morgan fingerprint density at radius 2 is 2.04 bits per heavy atom. The van der Waals surface area contributed by atoms with Crippen LogP contribution in [-0.2, 0) is 0 Å². The Hall–Kier alpha value is -1.35. The highest BCUT2D eigenvalue weighted by atomic mass is 32.1. The Morgan fingerprint density at radius 1 is 1.22 bits per heavy atom. The van der Waals surface area contributed by atoms with Gasteiger partial charge in [0.15, 0.2) is 0 Å². The van der Waals surface area contributed by atoms with Gasteiger partial charge in [-0.15, -0.1) is 21.5 Å². The molecule has 0 bridgehead atoms. The molecule has 1 amide bonds. The fourth-order valence-corrected chi connectivity index (χ4v) is 5.55. The second-order valence-electron chi connectivity index (χ2n) is 7.98. The van der Waals surface area contributed by atoms with Crippen LogP contribution >= 0.6 is 22.7 Å². The number of aromatic nitrogens is 2. The second-order valence-corrected chi connectivity index (χ2v) is 10.1. The first kappa shape index (κ1) is 17.7. The minimum absolute atomic E-state index is 0.0833. The Kier molecular flexibility index (Phi) is 4.75. The van der Waals surface area contributed by atoms with Crippen LogP contribution in [0.1, 0.15) is 58.3 Å². The van der Waals surface area contributed by atoms with Crippen molar-refractivity contribution >= 4 is 33.7 Å². The van der Waals surface area contributed by atoms with Gasteiger partial charge in [0, 0.05) is 24.0 Å². The SMILES string of the molecule is Cc1nnc(NC(=O)c2cc(C3CC3NC3CCN(C4CC4)CC3)cs2)s1. The predicted molar refractivity (Wildman–Crippen MR) is 109 cm³/mol. The number of carbonyl (C=O) groups excluding carboxylic acids is 1. The molecule has 8 heteroatoms. The number of hydrogen-bond donors (Lipinski definition) is 2. The molecule has 2 N–H and O–H groups in total. The van der Waals surface area contributed by atoms with Crippen molar-refractivity contribution in [2.45, 2.75) is 63.1 Å². The van der Waals surface area contributed by atoms with Gasteiger partial charge in [0.25, 0.3) is 5.91 Å². The summed E-state index contributed by atoms with van der Waals surface area (Å²) in [5.41, 5.74) is 1.30. The third kappa shape index (κ3) is 4.08. The van der Waals surface area contributed by atoms with E-state index in [4.69, 9.17) is 0 Å². The van der Waals surface area contributed by atoms with E-state index in [9.17, 15) is 4.79 Å². The zero-order valence-corrected chi connectivity index (χ0v) is 17.1. The largest absolute Gasteiger partial charge is 0.311 e. The van der Waals surface area contributed by atoms with Gasteiger partial charge in [-0.05, 0) is 69.1 Å². The Labute approximate surface area is 167 Å². The highest BCUT2D eigenvalue weighted by Crippen LogP contribution is 2.43. The van der Waals surface area contributed by atoms with E-state index in [1.807, 2.05) is 6.92 Å². The molecule has 3 fully saturated rings. The molecule has 2 unspecified atom stereocenters. The number of anilines is 1. The molecule has 144 valence electrons. The normalized spacial score (nSPS) is 26.3. The summed E-state index contributed by atoms with van der Waals surface area (Å²) in [6.07, 6.45) is 6.57. The zero-order chi connectivity index (χ0) is 18.4. The topological polar surface area (TPSA) is 70.1 Å². The summed E-state index contributed by atoms with van der Waals surface area (Å²) in [4.78, 5) is 15.8. The average molecular weight is 404 g/mol. The number of rotatable bonds is 6. The predicted octanol–water partition coefficient (Wildman–Crippen LogP) is 3.23. The number of hydrogen-bond acceptors (Lipinski definition) is 7. The quantitative estimate of drug-likeness (QED) is 0.775. The maximum absolute atomic E-state index is 12.4. The molecule has 3 heterocycles. The molecule has 1 aliphatic heterocycles. The molecule has 2 aliphatic carbocycles. The number of thiophene rings is 1. The molecule has 27 heavy (non-hydrogen) atoms. The first-order valence-corrected chi connectivity index (χ1v) is 11.6. The lowest BCUT2D eigenvalue weighted by Gasteiger charge is -2.32. The Balaban J connectivity index is 1.12. The van der Waals surface area contributed by atoms with Crippen LogP contribution in [0.5, 0.6) is 0 Å². The minimum atomic E-state index is -0.0833. The van der Waals surface area contributed by atoms with Crippen molar-refractivity contribution in [3.05, 3.63) is 26.9 Å². The van der Waals surface area contributed by atoms with Gasteiger partial charge in [0.2, 0.25) is 5.13 Å². The van der Waals surface area contributed by atoms with Crippen LogP contribution in [0.25, 0.3) is 0 Å². The van der Waals surface area contributed by atoms with Crippen LogP contribution in [0.15, 0.2) is 11.4 Å². The van der Waals surface area contributed by atoms with Crippen LogP contribution in [0.4, 0.5) is 5.13 Å². The van der Waals surface area contributed by atoms with Crippen molar-refractivity contribution < 1.29 is 4.79 Å². The zero-order valence-electron chi connectivity index (χ0n) is 15.5. The van der Waals surface area contributed by atoms with Crippen molar-refractivity contribution in [3.63, 3.8) is 0 Å². The maximum Gasteiger partial charge on any atom is 0.267 e. The minimum Gasteiger partial charge on any atom is -0.311 e. The summed E-state index contributed by atoms with van der Waals surface area (Å²) in [6.45, 7) is 4.40. The molecule has 2 saturated carbocycles. The van der Waals surface area contributed by atoms with Gasteiger partial charge < -0.3 is 10.2 Å². The number of aryl methyl sites for hydroxylation is 1. The van der Waals surface area contributed by atoms with Crippen LogP contribution in [-0.4, -0.2) is 52.2 Å². The van der Waals surface area contributed by atoms with Gasteiger partial charge in [-0.25, -0.2) is 0 Å². The van der Waals surface area contributed by atoms with Gasteiger partial charge >= 0.3 is 0 Å². The van der Waals surface area contributed by atoms with Crippen molar-refractivity contribution in [2.24, 2.45) is 0 Å². The van der Waals surface area contributed by atoms with E-state index in [1.54, 1.807) is 0 Å². The van der Waals surface area contributed by atoms with Crippen LogP contribution in [0, 0.1) is 6.92 Å². The Bertz CT molecular complexity index is 822. The number of likely N-dealkylation sites (tertiary alicyclic amines) is 1. The standard InChI is InChI=1S/C19H25N5OS2/c1-11-22-23-19(27-11)21-18(25)17-8-12(10-26-17)15-9-16(15)20-13-4-6-24(7-5-13)14-2-3-14/h8,10,13-16,20H,2-7,9H2,1H3,(H,21,23,25). The second kappa shape index (κ2) is 7.24. The molecule has 5 rings (SSSR count). The molecule has 0 aromatic carbocycles. The number of carbonyl (C=O) groups is 1. The molecule has 0 spiro atoms. The summed E-state index contributed by atoms with van der Waals surface area (Å²) < 4.78 is 0. The molecule has 2 aromatic rings. The van der Waals surface area contributed by atoms with Gasteiger partial charge in [-0.1, -0.05) is 11.3 Å². The van der Waals surface area contributed by atoms with Gasteiger partial charge in [-0.3, -0.25) is 10.1 Å². The lowest BCUT2D eigenvalue weighted by molar-refractivity contribution is 0.103. The van der Waals surface area contributed by atoms with E-state index >= 15 is 0 Å². The van der Waals surface area contributed by atoms with Crippen LogP contribution in [0.2, 0.25) is 0 Å². The lowest BCUT2D eigenvalue weighted by Crippen LogP contribution is -2.44. The van der Waals surface area contributed by atoms with Crippen LogP contribution in [0.3, 0.4) is 0 Å². The summed E-state index contributed by atoms with van der Waals surface area (Å²) in [7, 11) is 0. The van der Waals surface area contributed by atoms with Gasteiger partial charge in [0.05, 0.1) is 4.88 Å². The summed E-state index contributed by atoms with van der Waals surface area (Å²) in [5.74, 6) is 0.480. The number of nitrogens with one attached hydrogen (secondary N) is 2. The first-order valence-electron chi connectivity index (χ1n) is 9.85. The summed E-state index contributed by atoms with van der Waals surface area (Å²) in [5, 5.41) is 18.2. The van der Waals surface area contributed by atoms with E-state index in [0.29, 0.717) is 23.1 Å². The van der Waals surface area contributed by atoms with E-state index in [-0.39, 0.29) is 5.91 Å². The van der Waals surface area contributed by atoms with Crippen molar-refractivity contribution in [1.29, 1.82) is 0 Å². The monoisotopic (exact) mass is 403 g/mol. The molecule has 2 atom stereocenters. The number of amides is 1. The van der Waals surface area contributed by atoms with E-state index in [0.717, 1.165) is 15.9 Å². The first-order chi connectivity index (χ1) is 13.2. The van der Waals surface area contributed by atoms with E-state index in [2.05, 4.69) is 37.2 Å². The third-order valence-corrected chi connectivity index (χ3v) is 7.55. The van der Waals surface area contributed by atoms with Crippen molar-refractivity contribution in [3.8, 4) is 0 Å². The molecule has 6 nitrogen and oxygen atoms in total. The Morgan fingerprint density at radius 3 is 2.74 bits per heavy atom. The van der Waals surface area contributed by atoms with Crippen molar-refractivity contribution in [1.82, 2.24) is 20.4 Å². The highest BCUT2D eigenvalue weighted by molar-refractivity contribution is 7.15. The number of nitrogens with zero attached hydrogens (tertiary/aromatic N) is 3. The van der Waals surface area contributed by atoms with Gasteiger partial charge in [0.1, 0.15) is 5.01 Å². The molecule has 0 radical (unpaired) electrons. The number of piperidine rings is 1. The molecular formula is C19H25N5OS2. The molecular weight excluding hydrogens is 378 g/mol. The lowest BCUT2D eigenvalue weighted by atomic mass is 10.0. The maximum atomic E-state index is 12.4. The summed E-state index contributed by atoms with van der Waals surface area (Å²) in [6, 6.07) is 4.20. The van der Waals surface area contributed by atoms with Gasteiger partial charge in [-0.2, -0.15) is 0 Å². The van der Waals surface area contributed by atoms with E-state index < -0.39 is 0 Å².